The van der Waals surface area contributed by atoms with Gasteiger partial charge in [0.15, 0.2) is 11.6 Å². The second-order valence-corrected chi connectivity index (χ2v) is 6.14. The molecule has 0 saturated heterocycles. The number of nitrogens with one attached hydrogen (secondary N) is 1. The van der Waals surface area contributed by atoms with Crippen molar-refractivity contribution in [1.29, 1.82) is 0 Å². The third-order valence-corrected chi connectivity index (χ3v) is 4.06. The minimum absolute atomic E-state index is 0.0414. The Morgan fingerprint density at radius 3 is 2.44 bits per heavy atom. The normalized spacial score (nSPS) is 11.1. The number of hydrogen-bond donors (Lipinski definition) is 2. The molecule has 0 saturated carbocycles. The summed E-state index contributed by atoms with van der Waals surface area (Å²) >= 11 is 5.87. The molecule has 0 bridgehead atoms. The van der Waals surface area contributed by atoms with Gasteiger partial charge < -0.3 is 11.1 Å². The van der Waals surface area contributed by atoms with Gasteiger partial charge in [0.25, 0.3) is 0 Å². The predicted molar refractivity (Wildman–Crippen MR) is 98.3 cm³/mol. The van der Waals surface area contributed by atoms with Gasteiger partial charge in [-0.25, -0.2) is 13.8 Å². The molecule has 0 unspecified atom stereocenters. The smallest absolute Gasteiger partial charge is 0.242 e. The van der Waals surface area contributed by atoms with E-state index in [1.54, 1.807) is 31.2 Å². The van der Waals surface area contributed by atoms with Crippen LogP contribution in [0.3, 0.4) is 0 Å². The summed E-state index contributed by atoms with van der Waals surface area (Å²) in [5, 5.41) is 3.58. The molecule has 0 radical (unpaired) electrons. The molecular formula is C17H12ClF2N7. The van der Waals surface area contributed by atoms with Gasteiger partial charge in [-0.3, -0.25) is 4.57 Å². The number of halogens is 3. The molecule has 0 aliphatic rings. The van der Waals surface area contributed by atoms with Crippen LogP contribution >= 0.6 is 11.6 Å². The summed E-state index contributed by atoms with van der Waals surface area (Å²) in [5.74, 6) is -1.26. The van der Waals surface area contributed by atoms with Gasteiger partial charge in [-0.15, -0.1) is 0 Å². The molecule has 2 aromatic carbocycles. The molecule has 3 N–H and O–H groups in total. The van der Waals surface area contributed by atoms with Crippen LogP contribution in [0.2, 0.25) is 5.02 Å². The number of nitrogen functional groups attached to an aromatic ring is 1. The molecule has 10 heteroatoms. The molecule has 27 heavy (non-hydrogen) atoms. The number of fused-ring (bicyclic) bond motifs is 1. The Morgan fingerprint density at radius 1 is 1.00 bits per heavy atom. The number of hydrogen-bond acceptors (Lipinski definition) is 6. The number of imidazole rings is 1. The summed E-state index contributed by atoms with van der Waals surface area (Å²) in [6.07, 6.45) is 0. The first kappa shape index (κ1) is 17.1. The van der Waals surface area contributed by atoms with Crippen LogP contribution in [0.25, 0.3) is 17.0 Å². The fourth-order valence-electron chi connectivity index (χ4n) is 2.64. The molecule has 136 valence electrons. The lowest BCUT2D eigenvalue weighted by molar-refractivity contribution is 0.510. The lowest BCUT2D eigenvalue weighted by Gasteiger charge is -2.09. The molecule has 4 aromatic rings. The van der Waals surface area contributed by atoms with Gasteiger partial charge >= 0.3 is 0 Å². The molecule has 0 aliphatic carbocycles. The van der Waals surface area contributed by atoms with Crippen molar-refractivity contribution >= 4 is 40.2 Å². The zero-order valence-electron chi connectivity index (χ0n) is 13.9. The number of anilines is 3. The van der Waals surface area contributed by atoms with Crippen molar-refractivity contribution in [2.75, 3.05) is 11.1 Å². The van der Waals surface area contributed by atoms with Gasteiger partial charge in [-0.05, 0) is 31.2 Å². The average molecular weight is 388 g/mol. The first-order valence-electron chi connectivity index (χ1n) is 7.79. The maximum absolute atomic E-state index is 13.7. The van der Waals surface area contributed by atoms with Gasteiger partial charge in [0, 0.05) is 22.8 Å². The molecule has 7 nitrogen and oxygen atoms in total. The molecule has 0 aliphatic heterocycles. The summed E-state index contributed by atoms with van der Waals surface area (Å²) in [6.45, 7) is 1.67. The van der Waals surface area contributed by atoms with Gasteiger partial charge in [-0.1, -0.05) is 11.6 Å². The Balaban J connectivity index is 1.81. The zero-order chi connectivity index (χ0) is 19.1. The SMILES string of the molecule is Cc1nc2cc(F)c(F)cc2n1-c1nc(N)nc(Nc2ccc(Cl)cc2)n1. The van der Waals surface area contributed by atoms with Crippen LogP contribution in [0, 0.1) is 18.6 Å². The largest absolute Gasteiger partial charge is 0.368 e. The average Bonchev–Trinajstić information content (AvgIpc) is 2.92. The van der Waals surface area contributed by atoms with Crippen LogP contribution in [0.5, 0.6) is 0 Å². The van der Waals surface area contributed by atoms with E-state index in [-0.39, 0.29) is 23.4 Å². The van der Waals surface area contributed by atoms with Crippen LogP contribution in [-0.2, 0) is 0 Å². The minimum Gasteiger partial charge on any atom is -0.368 e. The molecule has 0 spiro atoms. The van der Waals surface area contributed by atoms with E-state index in [9.17, 15) is 8.78 Å². The van der Waals surface area contributed by atoms with Gasteiger partial charge in [-0.2, -0.15) is 15.0 Å². The van der Waals surface area contributed by atoms with Gasteiger partial charge in [0.1, 0.15) is 5.82 Å². The van der Waals surface area contributed by atoms with Crippen LogP contribution in [0.15, 0.2) is 36.4 Å². The monoisotopic (exact) mass is 387 g/mol. The third-order valence-electron chi connectivity index (χ3n) is 3.81. The van der Waals surface area contributed by atoms with Crippen LogP contribution in [-0.4, -0.2) is 24.5 Å². The van der Waals surface area contributed by atoms with E-state index in [1.807, 2.05) is 0 Å². The fourth-order valence-corrected chi connectivity index (χ4v) is 2.77. The third kappa shape index (κ3) is 3.24. The van der Waals surface area contributed by atoms with Crippen molar-refractivity contribution in [3.63, 3.8) is 0 Å². The number of rotatable bonds is 3. The first-order chi connectivity index (χ1) is 12.9. The van der Waals surface area contributed by atoms with Crippen LogP contribution < -0.4 is 11.1 Å². The highest BCUT2D eigenvalue weighted by atomic mass is 35.5. The Labute approximate surface area is 156 Å². The number of nitrogens with two attached hydrogens (primary N) is 1. The minimum atomic E-state index is -0.995. The van der Waals surface area contributed by atoms with Gasteiger partial charge in [0.2, 0.25) is 17.8 Å². The number of aryl methyl sites for hydroxylation is 1. The Kier molecular flexibility index (Phi) is 4.08. The summed E-state index contributed by atoms with van der Waals surface area (Å²) in [5.41, 5.74) is 7.08. The van der Waals surface area contributed by atoms with Crippen molar-refractivity contribution in [2.45, 2.75) is 6.92 Å². The van der Waals surface area contributed by atoms with E-state index < -0.39 is 11.6 Å². The molecule has 0 fully saturated rings. The Bertz CT molecular complexity index is 1160. The van der Waals surface area contributed by atoms with Crippen LogP contribution in [0.1, 0.15) is 5.82 Å². The highest BCUT2D eigenvalue weighted by molar-refractivity contribution is 6.30. The van der Waals surface area contributed by atoms with E-state index in [2.05, 4.69) is 25.3 Å². The van der Waals surface area contributed by atoms with E-state index in [0.29, 0.717) is 22.1 Å². The van der Waals surface area contributed by atoms with Crippen molar-refractivity contribution in [1.82, 2.24) is 24.5 Å². The summed E-state index contributed by atoms with van der Waals surface area (Å²) < 4.78 is 28.7. The molecular weight excluding hydrogens is 376 g/mol. The lowest BCUT2D eigenvalue weighted by atomic mass is 10.3. The summed E-state index contributed by atoms with van der Waals surface area (Å²) in [4.78, 5) is 16.7. The Hall–Kier alpha value is -3.33. The summed E-state index contributed by atoms with van der Waals surface area (Å²) in [7, 11) is 0. The number of benzene rings is 2. The predicted octanol–water partition coefficient (Wildman–Crippen LogP) is 3.78. The maximum atomic E-state index is 13.7. The standard InChI is InChI=1S/C17H12ClF2N7/c1-8-22-13-6-11(19)12(20)7-14(13)27(8)17-25-15(21)24-16(26-17)23-10-4-2-9(18)3-5-10/h2-7H,1H3,(H3,21,23,24,25,26). The zero-order valence-corrected chi connectivity index (χ0v) is 14.7. The second-order valence-electron chi connectivity index (χ2n) is 5.70. The first-order valence-corrected chi connectivity index (χ1v) is 8.17. The highest BCUT2D eigenvalue weighted by Gasteiger charge is 2.16. The van der Waals surface area contributed by atoms with E-state index in [0.717, 1.165) is 12.1 Å². The van der Waals surface area contributed by atoms with Crippen molar-refractivity contribution < 1.29 is 8.78 Å². The van der Waals surface area contributed by atoms with Crippen molar-refractivity contribution in [3.8, 4) is 5.95 Å². The van der Waals surface area contributed by atoms with Crippen molar-refractivity contribution in [2.24, 2.45) is 0 Å². The van der Waals surface area contributed by atoms with E-state index in [4.69, 9.17) is 17.3 Å². The number of aromatic nitrogens is 5. The van der Waals surface area contributed by atoms with E-state index >= 15 is 0 Å². The second kappa shape index (κ2) is 6.44. The molecule has 0 atom stereocenters. The number of nitrogens with zero attached hydrogens (tertiary/aromatic N) is 5. The highest BCUT2D eigenvalue weighted by Crippen LogP contribution is 2.23. The summed E-state index contributed by atoms with van der Waals surface area (Å²) in [6, 6.07) is 8.97. The Morgan fingerprint density at radius 2 is 1.70 bits per heavy atom. The lowest BCUT2D eigenvalue weighted by Crippen LogP contribution is -2.10. The quantitative estimate of drug-likeness (QED) is 0.555. The fraction of sp³-hybridized carbons (Fsp3) is 0.0588. The van der Waals surface area contributed by atoms with E-state index in [1.165, 1.54) is 4.57 Å². The maximum Gasteiger partial charge on any atom is 0.242 e. The molecule has 0 amide bonds. The van der Waals surface area contributed by atoms with Crippen LogP contribution in [0.4, 0.5) is 26.4 Å². The molecule has 4 rings (SSSR count). The topological polar surface area (TPSA) is 94.5 Å². The molecule has 2 heterocycles. The molecule has 2 aromatic heterocycles. The van der Waals surface area contributed by atoms with Crippen molar-refractivity contribution in [3.05, 3.63) is 58.9 Å². The van der Waals surface area contributed by atoms with Gasteiger partial charge in [0.05, 0.1) is 11.0 Å².